The average molecular weight is 334 g/mol. The summed E-state index contributed by atoms with van der Waals surface area (Å²) in [7, 11) is 0. The van der Waals surface area contributed by atoms with E-state index in [9.17, 15) is 5.11 Å². The van der Waals surface area contributed by atoms with E-state index in [4.69, 9.17) is 5.73 Å². The number of benzene rings is 1. The molecule has 0 aliphatic carbocycles. The minimum Gasteiger partial charge on any atom is -0.399 e. The van der Waals surface area contributed by atoms with E-state index in [0.717, 1.165) is 27.8 Å². The molecule has 1 aromatic carbocycles. The molecule has 0 saturated carbocycles. The van der Waals surface area contributed by atoms with Gasteiger partial charge in [-0.05, 0) is 53.6 Å². The van der Waals surface area contributed by atoms with E-state index in [1.165, 1.54) is 0 Å². The van der Waals surface area contributed by atoms with E-state index in [1.54, 1.807) is 0 Å². The van der Waals surface area contributed by atoms with Crippen LogP contribution in [0.15, 0.2) is 18.2 Å². The van der Waals surface area contributed by atoms with E-state index in [-0.39, 0.29) is 0 Å². The molecule has 0 heterocycles. The lowest BCUT2D eigenvalue weighted by molar-refractivity contribution is 0.0457. The van der Waals surface area contributed by atoms with Gasteiger partial charge in [0.25, 0.3) is 0 Å². The summed E-state index contributed by atoms with van der Waals surface area (Å²) in [4.78, 5) is 0. The Labute approximate surface area is 111 Å². The molecular weight excluding hydrogens is 315 g/mol. The Hall–Kier alpha value is -0.490. The number of hydrogen-bond donors (Lipinski definition) is 3. The van der Waals surface area contributed by atoms with Crippen molar-refractivity contribution in [3.05, 3.63) is 21.8 Å². The van der Waals surface area contributed by atoms with Crippen molar-refractivity contribution in [3.8, 4) is 0 Å². The summed E-state index contributed by atoms with van der Waals surface area (Å²) in [6.45, 7) is 4.57. The average Bonchev–Trinajstić information content (AvgIpc) is 2.27. The van der Waals surface area contributed by atoms with Crippen molar-refractivity contribution < 1.29 is 5.11 Å². The van der Waals surface area contributed by atoms with Crippen LogP contribution in [0.5, 0.6) is 0 Å². The molecule has 0 aliphatic heterocycles. The summed E-state index contributed by atoms with van der Waals surface area (Å²) in [5.74, 6) is 0. The second kappa shape index (κ2) is 5.72. The summed E-state index contributed by atoms with van der Waals surface area (Å²) < 4.78 is 1.08. The molecule has 1 aromatic rings. The molecule has 3 nitrogen and oxygen atoms in total. The Morgan fingerprint density at radius 2 is 2.00 bits per heavy atom. The van der Waals surface area contributed by atoms with Gasteiger partial charge in [0.1, 0.15) is 0 Å². The number of nitrogens with two attached hydrogens (primary N) is 1. The van der Waals surface area contributed by atoms with Crippen LogP contribution >= 0.6 is 22.6 Å². The maximum atomic E-state index is 10.1. The van der Waals surface area contributed by atoms with Gasteiger partial charge in [-0.3, -0.25) is 0 Å². The van der Waals surface area contributed by atoms with Crippen LogP contribution < -0.4 is 11.1 Å². The van der Waals surface area contributed by atoms with Gasteiger partial charge < -0.3 is 16.2 Å². The number of nitrogen functional groups attached to an aromatic ring is 1. The smallest absolute Gasteiger partial charge is 0.0814 e. The highest BCUT2D eigenvalue weighted by atomic mass is 127. The summed E-state index contributed by atoms with van der Waals surface area (Å²) in [5.41, 5.74) is 6.84. The molecule has 0 radical (unpaired) electrons. The van der Waals surface area contributed by atoms with E-state index >= 15 is 0 Å². The second-order valence-corrected chi connectivity index (χ2v) is 5.19. The van der Waals surface area contributed by atoms with Gasteiger partial charge in [0.2, 0.25) is 0 Å². The summed E-state index contributed by atoms with van der Waals surface area (Å²) in [6, 6.07) is 5.73. The first-order chi connectivity index (χ1) is 7.50. The highest BCUT2D eigenvalue weighted by molar-refractivity contribution is 14.1. The van der Waals surface area contributed by atoms with Gasteiger partial charge in [0.15, 0.2) is 0 Å². The molecule has 4 heteroatoms. The first-order valence-electron chi connectivity index (χ1n) is 5.52. The zero-order valence-corrected chi connectivity index (χ0v) is 11.9. The molecule has 0 fully saturated rings. The van der Waals surface area contributed by atoms with Crippen LogP contribution in [0.1, 0.15) is 26.7 Å². The van der Waals surface area contributed by atoms with Crippen molar-refractivity contribution in [1.29, 1.82) is 0 Å². The Bertz CT molecular complexity index is 351. The van der Waals surface area contributed by atoms with Gasteiger partial charge >= 0.3 is 0 Å². The van der Waals surface area contributed by atoms with Gasteiger partial charge in [-0.15, -0.1) is 0 Å². The van der Waals surface area contributed by atoms with Crippen molar-refractivity contribution in [2.24, 2.45) is 0 Å². The van der Waals surface area contributed by atoms with Gasteiger partial charge in [0.05, 0.1) is 5.60 Å². The first-order valence-corrected chi connectivity index (χ1v) is 6.60. The third-order valence-electron chi connectivity index (χ3n) is 2.92. The molecule has 0 unspecified atom stereocenters. The highest BCUT2D eigenvalue weighted by Gasteiger charge is 2.21. The predicted molar refractivity (Wildman–Crippen MR) is 77.6 cm³/mol. The standard InChI is InChI=1S/C12H19IN2O/c1-3-12(16,4-2)8-15-11-6-5-9(14)7-10(11)13/h5-7,15-16H,3-4,8,14H2,1-2H3. The topological polar surface area (TPSA) is 58.3 Å². The molecule has 0 atom stereocenters. The Morgan fingerprint density at radius 1 is 1.38 bits per heavy atom. The van der Waals surface area contributed by atoms with Crippen LogP contribution in [-0.4, -0.2) is 17.3 Å². The maximum absolute atomic E-state index is 10.1. The van der Waals surface area contributed by atoms with Crippen LogP contribution in [0.4, 0.5) is 11.4 Å². The fourth-order valence-electron chi connectivity index (χ4n) is 1.43. The van der Waals surface area contributed by atoms with E-state index in [2.05, 4.69) is 27.9 Å². The van der Waals surface area contributed by atoms with Crippen molar-refractivity contribution in [2.75, 3.05) is 17.6 Å². The Kier molecular flexibility index (Phi) is 4.86. The number of rotatable bonds is 5. The number of halogens is 1. The molecule has 4 N–H and O–H groups in total. The summed E-state index contributed by atoms with van der Waals surface area (Å²) >= 11 is 2.24. The second-order valence-electron chi connectivity index (χ2n) is 4.02. The number of aliphatic hydroxyl groups is 1. The van der Waals surface area contributed by atoms with Crippen molar-refractivity contribution in [2.45, 2.75) is 32.3 Å². The highest BCUT2D eigenvalue weighted by Crippen LogP contribution is 2.22. The molecule has 0 amide bonds. The lowest BCUT2D eigenvalue weighted by atomic mass is 9.97. The monoisotopic (exact) mass is 334 g/mol. The molecule has 0 aliphatic rings. The lowest BCUT2D eigenvalue weighted by Crippen LogP contribution is -2.35. The van der Waals surface area contributed by atoms with Gasteiger partial charge in [-0.2, -0.15) is 0 Å². The third-order valence-corrected chi connectivity index (χ3v) is 3.81. The quantitative estimate of drug-likeness (QED) is 0.573. The maximum Gasteiger partial charge on any atom is 0.0814 e. The lowest BCUT2D eigenvalue weighted by Gasteiger charge is -2.26. The normalized spacial score (nSPS) is 11.5. The molecule has 1 rings (SSSR count). The fourth-order valence-corrected chi connectivity index (χ4v) is 2.16. The molecule has 16 heavy (non-hydrogen) atoms. The van der Waals surface area contributed by atoms with E-state index in [0.29, 0.717) is 6.54 Å². The minimum atomic E-state index is -0.621. The Balaban J connectivity index is 2.67. The van der Waals surface area contributed by atoms with Crippen LogP contribution in [0.25, 0.3) is 0 Å². The zero-order chi connectivity index (χ0) is 12.2. The number of hydrogen-bond acceptors (Lipinski definition) is 3. The van der Waals surface area contributed by atoms with Crippen LogP contribution in [-0.2, 0) is 0 Å². The molecule has 0 aromatic heterocycles. The summed E-state index contributed by atoms with van der Waals surface area (Å²) in [6.07, 6.45) is 1.50. The van der Waals surface area contributed by atoms with Gasteiger partial charge in [0, 0.05) is 21.5 Å². The van der Waals surface area contributed by atoms with E-state index < -0.39 is 5.60 Å². The number of nitrogens with one attached hydrogen (secondary N) is 1. The SMILES string of the molecule is CCC(O)(CC)CNc1ccc(N)cc1I. The van der Waals surface area contributed by atoms with Crippen LogP contribution in [0.2, 0.25) is 0 Å². The zero-order valence-electron chi connectivity index (χ0n) is 9.76. The van der Waals surface area contributed by atoms with Gasteiger partial charge in [-0.1, -0.05) is 13.8 Å². The molecule has 0 bridgehead atoms. The third kappa shape index (κ3) is 3.52. The first kappa shape index (κ1) is 13.6. The largest absolute Gasteiger partial charge is 0.399 e. The molecule has 90 valence electrons. The van der Waals surface area contributed by atoms with Crippen molar-refractivity contribution in [3.63, 3.8) is 0 Å². The molecule has 0 saturated heterocycles. The predicted octanol–water partition coefficient (Wildman–Crippen LogP) is 2.84. The molecule has 0 spiro atoms. The Morgan fingerprint density at radius 3 is 2.50 bits per heavy atom. The van der Waals surface area contributed by atoms with Gasteiger partial charge in [-0.25, -0.2) is 0 Å². The van der Waals surface area contributed by atoms with Crippen molar-refractivity contribution >= 4 is 34.0 Å². The summed E-state index contributed by atoms with van der Waals surface area (Å²) in [5, 5.41) is 13.4. The van der Waals surface area contributed by atoms with E-state index in [1.807, 2.05) is 32.0 Å². The minimum absolute atomic E-state index is 0.569. The molecular formula is C12H19IN2O. The number of anilines is 2. The van der Waals surface area contributed by atoms with Crippen LogP contribution in [0.3, 0.4) is 0 Å². The fraction of sp³-hybridized carbons (Fsp3) is 0.500. The van der Waals surface area contributed by atoms with Crippen LogP contribution in [0, 0.1) is 3.57 Å². The van der Waals surface area contributed by atoms with Crippen molar-refractivity contribution in [1.82, 2.24) is 0 Å².